The van der Waals surface area contributed by atoms with Gasteiger partial charge in [-0.15, -0.1) is 0 Å². The lowest BCUT2D eigenvalue weighted by Crippen LogP contribution is -2.43. The molecule has 0 bridgehead atoms. The van der Waals surface area contributed by atoms with Gasteiger partial charge in [0.2, 0.25) is 0 Å². The molecule has 3 rings (SSSR count). The number of amides is 1. The summed E-state index contributed by atoms with van der Waals surface area (Å²) in [5, 5.41) is 6.74. The lowest BCUT2D eigenvalue weighted by molar-refractivity contribution is -0.112. The van der Waals surface area contributed by atoms with Crippen molar-refractivity contribution in [1.29, 1.82) is 0 Å². The maximum absolute atomic E-state index is 12.9. The molecule has 124 valence electrons. The molecule has 2 heterocycles. The third-order valence-corrected chi connectivity index (χ3v) is 4.55. The first-order valence-electron chi connectivity index (χ1n) is 8.49. The van der Waals surface area contributed by atoms with Crippen LogP contribution < -0.4 is 4.90 Å². The summed E-state index contributed by atoms with van der Waals surface area (Å²) in [5.41, 5.74) is 2.58. The van der Waals surface area contributed by atoms with E-state index in [1.54, 1.807) is 0 Å². The van der Waals surface area contributed by atoms with Gasteiger partial charge in [-0.05, 0) is 25.5 Å². The number of hydrogen-bond donors (Lipinski definition) is 0. The minimum atomic E-state index is 0.0470. The van der Waals surface area contributed by atoms with E-state index in [-0.39, 0.29) is 5.91 Å². The zero-order valence-electron chi connectivity index (χ0n) is 14.3. The van der Waals surface area contributed by atoms with E-state index in [0.29, 0.717) is 11.6 Å². The molecule has 1 amide bonds. The van der Waals surface area contributed by atoms with E-state index in [4.69, 9.17) is 5.10 Å². The zero-order valence-corrected chi connectivity index (χ0v) is 14.3. The van der Waals surface area contributed by atoms with Crippen molar-refractivity contribution in [3.8, 4) is 0 Å². The van der Waals surface area contributed by atoms with Crippen LogP contribution in [0.4, 0.5) is 5.69 Å². The van der Waals surface area contributed by atoms with Crippen LogP contribution in [0.25, 0.3) is 0 Å². The summed E-state index contributed by atoms with van der Waals surface area (Å²) in [5.74, 6) is 0.624. The summed E-state index contributed by atoms with van der Waals surface area (Å²) in [4.78, 5) is 17.1. The number of rotatable bonds is 4. The molecule has 0 aliphatic carbocycles. The second-order valence-corrected chi connectivity index (χ2v) is 6.86. The smallest absolute Gasteiger partial charge is 0.279 e. The first kappa shape index (κ1) is 16.0. The SMILES string of the molecule is CC(C)CCN1C(=O)C(=NN2CCN(C)CC2)c2ccccc21. The van der Waals surface area contributed by atoms with Crippen LogP contribution in [0, 0.1) is 5.92 Å². The fourth-order valence-electron chi connectivity index (χ4n) is 3.00. The molecule has 2 aliphatic heterocycles. The number of para-hydroxylation sites is 1. The Morgan fingerprint density at radius 2 is 1.83 bits per heavy atom. The van der Waals surface area contributed by atoms with Crippen molar-refractivity contribution >= 4 is 17.3 Å². The predicted molar refractivity (Wildman–Crippen MR) is 93.9 cm³/mol. The average molecular weight is 314 g/mol. The molecule has 23 heavy (non-hydrogen) atoms. The van der Waals surface area contributed by atoms with E-state index >= 15 is 0 Å². The van der Waals surface area contributed by atoms with E-state index in [1.165, 1.54) is 0 Å². The molecule has 5 heteroatoms. The quantitative estimate of drug-likeness (QED) is 0.854. The first-order chi connectivity index (χ1) is 11.1. The summed E-state index contributed by atoms with van der Waals surface area (Å²) in [6.45, 7) is 8.86. The number of piperazine rings is 1. The van der Waals surface area contributed by atoms with Crippen molar-refractivity contribution < 1.29 is 4.79 Å². The maximum Gasteiger partial charge on any atom is 0.279 e. The fraction of sp³-hybridized carbons (Fsp3) is 0.556. The van der Waals surface area contributed by atoms with Crippen LogP contribution in [-0.2, 0) is 4.79 Å². The molecule has 0 saturated carbocycles. The van der Waals surface area contributed by atoms with Crippen LogP contribution in [0.3, 0.4) is 0 Å². The lowest BCUT2D eigenvalue weighted by atomic mass is 10.1. The summed E-state index contributed by atoms with van der Waals surface area (Å²) in [7, 11) is 2.12. The monoisotopic (exact) mass is 314 g/mol. The number of hydrazone groups is 1. The first-order valence-corrected chi connectivity index (χ1v) is 8.49. The number of benzene rings is 1. The van der Waals surface area contributed by atoms with Crippen LogP contribution in [0.2, 0.25) is 0 Å². The Morgan fingerprint density at radius 3 is 2.52 bits per heavy atom. The molecule has 5 nitrogen and oxygen atoms in total. The van der Waals surface area contributed by atoms with Crippen LogP contribution >= 0.6 is 0 Å². The van der Waals surface area contributed by atoms with Gasteiger partial charge in [-0.3, -0.25) is 9.80 Å². The van der Waals surface area contributed by atoms with Gasteiger partial charge in [0.15, 0.2) is 5.71 Å². The number of carbonyl (C=O) groups is 1. The van der Waals surface area contributed by atoms with E-state index in [9.17, 15) is 4.79 Å². The Hall–Kier alpha value is -1.88. The van der Waals surface area contributed by atoms with E-state index < -0.39 is 0 Å². The highest BCUT2D eigenvalue weighted by Gasteiger charge is 2.34. The molecule has 0 radical (unpaired) electrons. The van der Waals surface area contributed by atoms with Crippen LogP contribution in [-0.4, -0.2) is 61.3 Å². The number of anilines is 1. The van der Waals surface area contributed by atoms with Crippen LogP contribution in [0.1, 0.15) is 25.8 Å². The third kappa shape index (κ3) is 3.39. The molecule has 1 aromatic rings. The summed E-state index contributed by atoms with van der Waals surface area (Å²) in [6.07, 6.45) is 1.00. The zero-order chi connectivity index (χ0) is 16.4. The molecule has 0 aromatic heterocycles. The maximum atomic E-state index is 12.9. The molecule has 0 unspecified atom stereocenters. The molecule has 1 fully saturated rings. The molecule has 1 aromatic carbocycles. The van der Waals surface area contributed by atoms with Crippen molar-refractivity contribution in [3.05, 3.63) is 29.8 Å². The van der Waals surface area contributed by atoms with Gasteiger partial charge in [0, 0.05) is 38.3 Å². The van der Waals surface area contributed by atoms with Crippen molar-refractivity contribution in [2.45, 2.75) is 20.3 Å². The molecule has 2 aliphatic rings. The number of likely N-dealkylation sites (N-methyl/N-ethyl adjacent to an activating group) is 1. The Balaban J connectivity index is 1.85. The topological polar surface area (TPSA) is 39.2 Å². The molecule has 1 saturated heterocycles. The van der Waals surface area contributed by atoms with Crippen LogP contribution in [0.5, 0.6) is 0 Å². The number of hydrogen-bond acceptors (Lipinski definition) is 4. The van der Waals surface area contributed by atoms with Gasteiger partial charge >= 0.3 is 0 Å². The van der Waals surface area contributed by atoms with Crippen molar-refractivity contribution in [2.75, 3.05) is 44.7 Å². The largest absolute Gasteiger partial charge is 0.306 e. The van der Waals surface area contributed by atoms with Crippen molar-refractivity contribution in [3.63, 3.8) is 0 Å². The second kappa shape index (κ2) is 6.71. The number of nitrogens with zero attached hydrogens (tertiary/aromatic N) is 4. The normalized spacial score (nSPS) is 20.7. The van der Waals surface area contributed by atoms with Gasteiger partial charge in [0.05, 0.1) is 5.69 Å². The van der Waals surface area contributed by atoms with Crippen LogP contribution in [0.15, 0.2) is 29.4 Å². The third-order valence-electron chi connectivity index (χ3n) is 4.55. The van der Waals surface area contributed by atoms with Gasteiger partial charge in [0.25, 0.3) is 5.91 Å². The number of carbonyl (C=O) groups excluding carboxylic acids is 1. The second-order valence-electron chi connectivity index (χ2n) is 6.86. The minimum Gasteiger partial charge on any atom is -0.306 e. The Morgan fingerprint density at radius 1 is 1.13 bits per heavy atom. The molecule has 0 spiro atoms. The molecular weight excluding hydrogens is 288 g/mol. The van der Waals surface area contributed by atoms with Crippen molar-refractivity contribution in [1.82, 2.24) is 9.91 Å². The standard InChI is InChI=1S/C18H26N4O/c1-14(2)8-9-22-16-7-5-4-6-15(16)17(18(22)23)19-21-12-10-20(3)11-13-21/h4-7,14H,8-13H2,1-3H3. The number of fused-ring (bicyclic) bond motifs is 1. The highest BCUT2D eigenvalue weighted by Crippen LogP contribution is 2.30. The van der Waals surface area contributed by atoms with Crippen molar-refractivity contribution in [2.24, 2.45) is 11.0 Å². The lowest BCUT2D eigenvalue weighted by Gasteiger charge is -2.30. The van der Waals surface area contributed by atoms with Gasteiger partial charge in [-0.2, -0.15) is 5.10 Å². The van der Waals surface area contributed by atoms with Gasteiger partial charge in [-0.25, -0.2) is 0 Å². The molecular formula is C18H26N4O. The van der Waals surface area contributed by atoms with Gasteiger partial charge in [0.1, 0.15) is 0 Å². The Kier molecular flexibility index (Phi) is 4.66. The Labute approximate surface area is 138 Å². The van der Waals surface area contributed by atoms with E-state index in [2.05, 4.69) is 25.8 Å². The highest BCUT2D eigenvalue weighted by molar-refractivity contribution is 6.54. The molecule has 0 N–H and O–H groups in total. The fourth-order valence-corrected chi connectivity index (χ4v) is 3.00. The predicted octanol–water partition coefficient (Wildman–Crippen LogP) is 2.03. The molecule has 0 atom stereocenters. The Bertz CT molecular complexity index is 603. The highest BCUT2D eigenvalue weighted by atomic mass is 16.2. The van der Waals surface area contributed by atoms with Gasteiger partial charge in [-0.1, -0.05) is 32.0 Å². The summed E-state index contributed by atoms with van der Waals surface area (Å²) in [6, 6.07) is 8.02. The van der Waals surface area contributed by atoms with E-state index in [0.717, 1.165) is 50.4 Å². The summed E-state index contributed by atoms with van der Waals surface area (Å²) < 4.78 is 0. The minimum absolute atomic E-state index is 0.0470. The summed E-state index contributed by atoms with van der Waals surface area (Å²) >= 11 is 0. The van der Waals surface area contributed by atoms with Gasteiger partial charge < -0.3 is 9.80 Å². The van der Waals surface area contributed by atoms with E-state index in [1.807, 2.05) is 34.2 Å². The average Bonchev–Trinajstić information content (AvgIpc) is 2.80.